The number of rotatable bonds is 6. The topological polar surface area (TPSA) is 0 Å². The van der Waals surface area contributed by atoms with E-state index in [1.807, 2.05) is 6.49 Å². The monoisotopic (exact) mass is 810 g/mol. The van der Waals surface area contributed by atoms with Crippen LogP contribution in [-0.4, -0.2) is 3.21 Å². The second-order valence-corrected chi connectivity index (χ2v) is 25.6. The molecule has 0 radical (unpaired) electrons. The fraction of sp³-hybridized carbons (Fsp3) is 0.531. The minimum Gasteiger partial charge on any atom is -1.00 e. The van der Waals surface area contributed by atoms with Crippen molar-refractivity contribution in [1.29, 1.82) is 0 Å². The third-order valence-corrected chi connectivity index (χ3v) is 27.1. The molecule has 7 aliphatic rings. The molecule has 0 N–H and O–H groups in total. The van der Waals surface area contributed by atoms with Gasteiger partial charge < -0.3 is 24.8 Å². The quantitative estimate of drug-likeness (QED) is 0.288. The van der Waals surface area contributed by atoms with Crippen LogP contribution in [0.2, 0.25) is 3.63 Å². The van der Waals surface area contributed by atoms with E-state index in [1.165, 1.54) is 56.9 Å². The van der Waals surface area contributed by atoms with Gasteiger partial charge in [-0.1, -0.05) is 0 Å². The van der Waals surface area contributed by atoms with Gasteiger partial charge >= 0.3 is 314 Å². The molecular weight excluding hydrogens is 751 g/mol. The molecule has 0 nitrogen and oxygen atoms in total. The van der Waals surface area contributed by atoms with Crippen LogP contribution in [0, 0.1) is 49.7 Å². The van der Waals surface area contributed by atoms with Crippen molar-refractivity contribution in [2.45, 2.75) is 110 Å². The average molecular weight is 813 g/mol. The van der Waals surface area contributed by atoms with Crippen LogP contribution >= 0.6 is 0 Å². The van der Waals surface area contributed by atoms with Crippen LogP contribution in [0.25, 0.3) is 0 Å². The zero-order valence-electron chi connectivity index (χ0n) is 33.1. The zero-order chi connectivity index (χ0) is 35.2. The largest absolute Gasteiger partial charge is 1.00 e. The summed E-state index contributed by atoms with van der Waals surface area (Å²) in [6.07, 6.45) is 46.5. The van der Waals surface area contributed by atoms with E-state index >= 15 is 0 Å². The molecule has 1 aromatic carbocycles. The summed E-state index contributed by atoms with van der Waals surface area (Å²) in [4.78, 5) is 0. The van der Waals surface area contributed by atoms with Crippen molar-refractivity contribution >= 4 is 3.21 Å². The Kier molecular flexibility index (Phi) is 10.7. The predicted octanol–water partition coefficient (Wildman–Crippen LogP) is 7.09. The van der Waals surface area contributed by atoms with E-state index in [-0.39, 0.29) is 62.7 Å². The molecule has 0 spiro atoms. The van der Waals surface area contributed by atoms with Crippen LogP contribution in [0.4, 0.5) is 0 Å². The van der Waals surface area contributed by atoms with Gasteiger partial charge in [0.05, 0.1) is 0 Å². The first-order chi connectivity index (χ1) is 23.8. The van der Waals surface area contributed by atoms with Crippen molar-refractivity contribution in [3.8, 4) is 0 Å². The predicted molar refractivity (Wildman–Crippen MR) is 212 cm³/mol. The Morgan fingerprint density at radius 1 is 0.692 bits per heavy atom. The van der Waals surface area contributed by atoms with Gasteiger partial charge in [-0.15, -0.1) is 0 Å². The van der Waals surface area contributed by atoms with Crippen LogP contribution in [0.3, 0.4) is 0 Å². The summed E-state index contributed by atoms with van der Waals surface area (Å²) in [5.74, 6) is 1.36. The average Bonchev–Trinajstić information content (AvgIpc) is 3.70. The molecule has 0 saturated heterocycles. The minimum absolute atomic E-state index is 0. The Labute approximate surface area is 336 Å². The van der Waals surface area contributed by atoms with Crippen molar-refractivity contribution in [2.75, 3.05) is 0 Å². The Morgan fingerprint density at radius 3 is 1.90 bits per heavy atom. The summed E-state index contributed by atoms with van der Waals surface area (Å²) in [5, 5.41) is 0. The number of fused-ring (bicyclic) bond motifs is 8. The number of halogens is 2. The maximum Gasteiger partial charge on any atom is -1.00 e. The minimum atomic E-state index is -2.68. The molecule has 276 valence electrons. The first-order valence-electron chi connectivity index (χ1n) is 20.1. The second kappa shape index (κ2) is 13.9. The fourth-order valence-corrected chi connectivity index (χ4v) is 26.1. The smallest absolute Gasteiger partial charge is 1.00 e. The Morgan fingerprint density at radius 2 is 1.29 bits per heavy atom. The van der Waals surface area contributed by atoms with Crippen molar-refractivity contribution < 1.29 is 46.1 Å². The van der Waals surface area contributed by atoms with Crippen LogP contribution in [0.1, 0.15) is 106 Å². The van der Waals surface area contributed by atoms with Crippen molar-refractivity contribution in [2.24, 2.45) is 49.7 Å². The third kappa shape index (κ3) is 4.82. The first-order valence-corrected chi connectivity index (χ1v) is 23.9. The SMILES string of the molecule is CC1=CC=CC2[CH](/[Zr+2]([C]3=CC=CC3)=[C](/Cc3ccccc3)CC3CCCCC3)C3(C)C4(C)C=CC=CC4(C)C4(C)C=CC=CC4(C)C3(C)C12C.[Cl-].[Cl-]. The molecule has 8 rings (SSSR count). The van der Waals surface area contributed by atoms with E-state index in [2.05, 4.69) is 171 Å². The third-order valence-electron chi connectivity index (χ3n) is 17.8. The number of hydrogen-bond acceptors (Lipinski definition) is 0. The molecule has 0 aromatic heterocycles. The molecule has 0 bridgehead atoms. The normalized spacial score (nSPS) is 42.6. The standard InChI is InChI=1S/C29H37.C15H20.C5H5.2ClH.Zr/c1-21-14-13-15-22-20-27(6)25(4)18-10-9-16-23(25,2)24(3)17-11-12-19-26(24,5)29(27,8)28(21,22)7;1-3-8-14(9-4-1)12-7-13-15-10-5-2-6-11-15;1-2-4-5-3-1;;;/h9-20,22H,1-8H3;1,3-4,8-9,15H,2,5-6,10-13H2;1-3H,4H2;2*1H;/q;;;;;+2/p-2. The summed E-state index contributed by atoms with van der Waals surface area (Å²) in [7, 11) is 0. The van der Waals surface area contributed by atoms with Gasteiger partial charge in [-0.3, -0.25) is 0 Å². The van der Waals surface area contributed by atoms with Gasteiger partial charge in [0.2, 0.25) is 0 Å². The number of benzene rings is 1. The van der Waals surface area contributed by atoms with E-state index in [0.29, 0.717) is 9.54 Å². The molecule has 3 fully saturated rings. The molecule has 3 heteroatoms. The van der Waals surface area contributed by atoms with E-state index in [4.69, 9.17) is 0 Å². The molecule has 1 aromatic rings. The summed E-state index contributed by atoms with van der Waals surface area (Å²) in [6, 6.07) is 11.6. The van der Waals surface area contributed by atoms with Crippen LogP contribution in [-0.2, 0) is 27.7 Å². The molecule has 9 unspecified atom stereocenters. The van der Waals surface area contributed by atoms with Gasteiger partial charge in [-0.2, -0.15) is 0 Å². The van der Waals surface area contributed by atoms with Gasteiger partial charge in [0.15, 0.2) is 0 Å². The Hall–Kier alpha value is -1.53. The van der Waals surface area contributed by atoms with Crippen molar-refractivity contribution in [3.05, 3.63) is 130 Å². The van der Waals surface area contributed by atoms with E-state index in [9.17, 15) is 0 Å². The fourth-order valence-electron chi connectivity index (χ4n) is 14.4. The number of allylic oxidation sites excluding steroid dienone is 16. The summed E-state index contributed by atoms with van der Waals surface area (Å²) < 4.78 is 4.51. The maximum absolute atomic E-state index is 2.87. The maximum atomic E-state index is 2.87. The van der Waals surface area contributed by atoms with Gasteiger partial charge in [-0.05, 0) is 0 Å². The molecule has 0 amide bonds. The summed E-state index contributed by atoms with van der Waals surface area (Å²) >= 11 is -2.68. The number of hydrogen-bond donors (Lipinski definition) is 0. The molecular formula is C49H62Cl2Zr. The van der Waals surface area contributed by atoms with Crippen LogP contribution in [0.15, 0.2) is 124 Å². The summed E-state index contributed by atoms with van der Waals surface area (Å²) in [5.41, 5.74) is 2.95. The van der Waals surface area contributed by atoms with Gasteiger partial charge in [0, 0.05) is 0 Å². The van der Waals surface area contributed by atoms with Gasteiger partial charge in [0.1, 0.15) is 0 Å². The molecule has 0 aliphatic heterocycles. The van der Waals surface area contributed by atoms with Gasteiger partial charge in [0.25, 0.3) is 0 Å². The Bertz CT molecular complexity index is 1850. The molecule has 7 aliphatic carbocycles. The summed E-state index contributed by atoms with van der Waals surface area (Å²) in [6.45, 7) is 21.7. The molecule has 3 saturated carbocycles. The molecule has 9 atom stereocenters. The van der Waals surface area contributed by atoms with Crippen molar-refractivity contribution in [1.82, 2.24) is 0 Å². The molecule has 0 heterocycles. The first kappa shape index (κ1) is 40.1. The van der Waals surface area contributed by atoms with Gasteiger partial charge in [-0.25, -0.2) is 0 Å². The van der Waals surface area contributed by atoms with Crippen molar-refractivity contribution in [3.63, 3.8) is 0 Å². The molecule has 52 heavy (non-hydrogen) atoms. The van der Waals surface area contributed by atoms with E-state index < -0.39 is 21.3 Å². The second-order valence-electron chi connectivity index (χ2n) is 18.7. The van der Waals surface area contributed by atoms with E-state index in [0.717, 1.165) is 5.92 Å². The van der Waals surface area contributed by atoms with E-state index in [1.54, 1.807) is 5.57 Å². The van der Waals surface area contributed by atoms with Crippen LogP contribution in [0.5, 0.6) is 0 Å². The Balaban J connectivity index is 0.00000232. The van der Waals surface area contributed by atoms with Crippen LogP contribution < -0.4 is 24.8 Å². The zero-order valence-corrected chi connectivity index (χ0v) is 37.1.